The van der Waals surface area contributed by atoms with Crippen molar-refractivity contribution >= 4 is 21.4 Å². The van der Waals surface area contributed by atoms with Crippen molar-refractivity contribution in [2.24, 2.45) is 0 Å². The number of aromatic nitrogens is 3. The standard InChI is InChI=1S/C18H22N4OS/c1-4-14(10-13-8-6-12(3)7-9-13)19-17-21-22-16(23)11-15(5-2)20-18(22)24-17/h6-9,11,14H,4-5,10H2,1-3H3,(H,19,21). The highest BCUT2D eigenvalue weighted by atomic mass is 32.1. The van der Waals surface area contributed by atoms with E-state index in [2.05, 4.69) is 53.5 Å². The summed E-state index contributed by atoms with van der Waals surface area (Å²) in [7, 11) is 0. The second-order valence-corrected chi connectivity index (χ2v) is 6.94. The smallest absolute Gasteiger partial charge is 0.275 e. The third-order valence-corrected chi connectivity index (χ3v) is 4.92. The first-order valence-electron chi connectivity index (χ1n) is 8.31. The molecule has 5 nitrogen and oxygen atoms in total. The third-order valence-electron chi connectivity index (χ3n) is 4.08. The van der Waals surface area contributed by atoms with E-state index in [9.17, 15) is 4.79 Å². The van der Waals surface area contributed by atoms with Crippen LogP contribution >= 0.6 is 11.3 Å². The van der Waals surface area contributed by atoms with E-state index < -0.39 is 0 Å². The number of fused-ring (bicyclic) bond motifs is 1. The lowest BCUT2D eigenvalue weighted by Crippen LogP contribution is -2.22. The van der Waals surface area contributed by atoms with E-state index in [1.54, 1.807) is 6.07 Å². The van der Waals surface area contributed by atoms with Crippen LogP contribution in [0.4, 0.5) is 5.13 Å². The SMILES string of the molecule is CCc1cc(=O)n2nc(NC(CC)Cc3ccc(C)cc3)sc2n1. The molecular weight excluding hydrogens is 320 g/mol. The first-order valence-corrected chi connectivity index (χ1v) is 9.12. The van der Waals surface area contributed by atoms with Crippen LogP contribution in [0, 0.1) is 6.92 Å². The molecule has 0 radical (unpaired) electrons. The number of hydrogen-bond donors (Lipinski definition) is 1. The van der Waals surface area contributed by atoms with Crippen molar-refractivity contribution in [2.75, 3.05) is 5.32 Å². The molecule has 2 heterocycles. The molecule has 1 atom stereocenters. The van der Waals surface area contributed by atoms with Gasteiger partial charge in [0, 0.05) is 17.8 Å². The van der Waals surface area contributed by atoms with Crippen LogP contribution in [0.15, 0.2) is 35.1 Å². The van der Waals surface area contributed by atoms with Crippen LogP contribution in [-0.4, -0.2) is 20.6 Å². The summed E-state index contributed by atoms with van der Waals surface area (Å²) in [5, 5.41) is 8.58. The Morgan fingerprint density at radius 2 is 2.00 bits per heavy atom. The van der Waals surface area contributed by atoms with E-state index >= 15 is 0 Å². The molecule has 126 valence electrons. The summed E-state index contributed by atoms with van der Waals surface area (Å²) in [4.78, 5) is 17.2. The topological polar surface area (TPSA) is 59.3 Å². The minimum absolute atomic E-state index is 0.118. The fourth-order valence-electron chi connectivity index (χ4n) is 2.58. The molecule has 2 aromatic heterocycles. The number of nitrogens with one attached hydrogen (secondary N) is 1. The summed E-state index contributed by atoms with van der Waals surface area (Å²) in [6.07, 6.45) is 2.65. The van der Waals surface area contributed by atoms with Gasteiger partial charge in [-0.1, -0.05) is 55.0 Å². The van der Waals surface area contributed by atoms with Gasteiger partial charge in [0.1, 0.15) is 0 Å². The molecule has 1 unspecified atom stereocenters. The minimum atomic E-state index is -0.118. The van der Waals surface area contributed by atoms with Crippen LogP contribution in [0.25, 0.3) is 4.96 Å². The molecule has 6 heteroatoms. The molecule has 3 rings (SSSR count). The minimum Gasteiger partial charge on any atom is -0.357 e. The largest absolute Gasteiger partial charge is 0.357 e. The van der Waals surface area contributed by atoms with E-state index in [0.29, 0.717) is 4.96 Å². The summed E-state index contributed by atoms with van der Waals surface area (Å²) in [6, 6.07) is 10.4. The Labute approximate surface area is 145 Å². The van der Waals surface area contributed by atoms with Gasteiger partial charge >= 0.3 is 0 Å². The molecule has 0 spiro atoms. The number of aryl methyl sites for hydroxylation is 2. The van der Waals surface area contributed by atoms with Gasteiger partial charge in [-0.05, 0) is 31.7 Å². The van der Waals surface area contributed by atoms with Crippen LogP contribution in [0.1, 0.15) is 37.1 Å². The summed E-state index contributed by atoms with van der Waals surface area (Å²) in [5.74, 6) is 0. The number of anilines is 1. The summed E-state index contributed by atoms with van der Waals surface area (Å²) < 4.78 is 1.38. The molecule has 0 aliphatic heterocycles. The molecule has 0 aliphatic rings. The van der Waals surface area contributed by atoms with E-state index in [1.807, 2.05) is 6.92 Å². The summed E-state index contributed by atoms with van der Waals surface area (Å²) in [6.45, 7) is 6.24. The van der Waals surface area contributed by atoms with E-state index in [-0.39, 0.29) is 11.6 Å². The van der Waals surface area contributed by atoms with Crippen molar-refractivity contribution in [1.29, 1.82) is 0 Å². The van der Waals surface area contributed by atoms with Gasteiger partial charge in [0.25, 0.3) is 5.56 Å². The quantitative estimate of drug-likeness (QED) is 0.745. The molecule has 0 amide bonds. The second-order valence-electron chi connectivity index (χ2n) is 5.98. The Balaban J connectivity index is 1.80. The lowest BCUT2D eigenvalue weighted by molar-refractivity contribution is 0.686. The predicted molar refractivity (Wildman–Crippen MR) is 99.1 cm³/mol. The molecule has 0 saturated carbocycles. The molecule has 24 heavy (non-hydrogen) atoms. The molecule has 1 N–H and O–H groups in total. The maximum absolute atomic E-state index is 12.1. The van der Waals surface area contributed by atoms with E-state index in [4.69, 9.17) is 0 Å². The summed E-state index contributed by atoms with van der Waals surface area (Å²) >= 11 is 1.43. The van der Waals surface area contributed by atoms with Crippen molar-refractivity contribution < 1.29 is 0 Å². The van der Waals surface area contributed by atoms with Gasteiger partial charge in [-0.2, -0.15) is 4.52 Å². The molecule has 0 saturated heterocycles. The number of nitrogens with zero attached hydrogens (tertiary/aromatic N) is 3. The Bertz CT molecular complexity index is 882. The lowest BCUT2D eigenvalue weighted by atomic mass is 10.0. The van der Waals surface area contributed by atoms with Gasteiger partial charge in [0.2, 0.25) is 10.1 Å². The molecular formula is C18H22N4OS. The maximum atomic E-state index is 12.1. The van der Waals surface area contributed by atoms with Gasteiger partial charge in [0.05, 0.1) is 0 Å². The Morgan fingerprint density at radius 1 is 1.25 bits per heavy atom. The second kappa shape index (κ2) is 7.13. The molecule has 3 aromatic rings. The lowest BCUT2D eigenvalue weighted by Gasteiger charge is -2.16. The Kier molecular flexibility index (Phi) is 4.94. The van der Waals surface area contributed by atoms with Crippen LogP contribution in [0.2, 0.25) is 0 Å². The molecule has 0 aliphatic carbocycles. The third kappa shape index (κ3) is 3.64. The number of rotatable bonds is 6. The summed E-state index contributed by atoms with van der Waals surface area (Å²) in [5.41, 5.74) is 3.25. The maximum Gasteiger partial charge on any atom is 0.275 e. The van der Waals surface area contributed by atoms with Gasteiger partial charge in [-0.25, -0.2) is 4.98 Å². The average molecular weight is 342 g/mol. The molecule has 0 fully saturated rings. The zero-order valence-corrected chi connectivity index (χ0v) is 15.1. The predicted octanol–water partition coefficient (Wildman–Crippen LogP) is 3.46. The zero-order chi connectivity index (χ0) is 17.1. The highest BCUT2D eigenvalue weighted by Crippen LogP contribution is 2.20. The van der Waals surface area contributed by atoms with Crippen molar-refractivity contribution in [3.8, 4) is 0 Å². The normalized spacial score (nSPS) is 12.5. The van der Waals surface area contributed by atoms with Crippen molar-refractivity contribution in [3.63, 3.8) is 0 Å². The fourth-order valence-corrected chi connectivity index (χ4v) is 3.48. The van der Waals surface area contributed by atoms with Gasteiger partial charge in [0.15, 0.2) is 0 Å². The fraction of sp³-hybridized carbons (Fsp3) is 0.389. The van der Waals surface area contributed by atoms with Crippen LogP contribution in [-0.2, 0) is 12.8 Å². The first-order chi connectivity index (χ1) is 11.6. The monoisotopic (exact) mass is 342 g/mol. The van der Waals surface area contributed by atoms with Crippen LogP contribution in [0.5, 0.6) is 0 Å². The van der Waals surface area contributed by atoms with Gasteiger partial charge in [-0.15, -0.1) is 5.10 Å². The average Bonchev–Trinajstić information content (AvgIpc) is 2.99. The molecule has 0 bridgehead atoms. The first kappa shape index (κ1) is 16.6. The zero-order valence-electron chi connectivity index (χ0n) is 14.2. The Hall–Kier alpha value is -2.21. The number of hydrogen-bond acceptors (Lipinski definition) is 5. The van der Waals surface area contributed by atoms with Crippen molar-refractivity contribution in [2.45, 2.75) is 46.1 Å². The van der Waals surface area contributed by atoms with Crippen LogP contribution < -0.4 is 10.9 Å². The van der Waals surface area contributed by atoms with E-state index in [1.165, 1.54) is 27.0 Å². The van der Waals surface area contributed by atoms with Crippen molar-refractivity contribution in [3.05, 3.63) is 57.5 Å². The van der Waals surface area contributed by atoms with Crippen molar-refractivity contribution in [1.82, 2.24) is 14.6 Å². The Morgan fingerprint density at radius 3 is 2.67 bits per heavy atom. The molecule has 1 aromatic carbocycles. The highest BCUT2D eigenvalue weighted by molar-refractivity contribution is 7.20. The van der Waals surface area contributed by atoms with Gasteiger partial charge in [-0.3, -0.25) is 4.79 Å². The number of benzene rings is 1. The van der Waals surface area contributed by atoms with Crippen LogP contribution in [0.3, 0.4) is 0 Å². The van der Waals surface area contributed by atoms with E-state index in [0.717, 1.165) is 30.1 Å². The van der Waals surface area contributed by atoms with Gasteiger partial charge < -0.3 is 5.32 Å². The highest BCUT2D eigenvalue weighted by Gasteiger charge is 2.13.